The average molecular weight is 290 g/mol. The molecule has 118 valence electrons. The van der Waals surface area contributed by atoms with Crippen LogP contribution in [-0.4, -0.2) is 22.4 Å². The summed E-state index contributed by atoms with van der Waals surface area (Å²) in [5.74, 6) is 2.27. The minimum absolute atomic E-state index is 0.0742. The van der Waals surface area contributed by atoms with Gasteiger partial charge in [0.05, 0.1) is 12.2 Å². The van der Waals surface area contributed by atoms with Gasteiger partial charge in [-0.2, -0.15) is 0 Å². The summed E-state index contributed by atoms with van der Waals surface area (Å²) in [7, 11) is 0. The maximum absolute atomic E-state index is 10.5. The number of hydrogen-bond acceptors (Lipinski definition) is 2. The molecular weight excluding hydrogens is 260 g/mol. The number of hydrogen-bond donors (Lipinski definition) is 2. The van der Waals surface area contributed by atoms with Crippen LogP contribution in [-0.2, 0) is 0 Å². The summed E-state index contributed by atoms with van der Waals surface area (Å²) in [5.41, 5.74) is 2.05. The Morgan fingerprint density at radius 3 is 2.62 bits per heavy atom. The Bertz CT molecular complexity index is 470. The van der Waals surface area contributed by atoms with Crippen molar-refractivity contribution in [3.05, 3.63) is 11.6 Å². The molecule has 4 aliphatic rings. The molecule has 7 atom stereocenters. The van der Waals surface area contributed by atoms with Crippen molar-refractivity contribution in [3.63, 3.8) is 0 Å². The summed E-state index contributed by atoms with van der Waals surface area (Å²) in [6.45, 7) is 4.81. The molecule has 2 nitrogen and oxygen atoms in total. The van der Waals surface area contributed by atoms with E-state index in [2.05, 4.69) is 19.9 Å². The van der Waals surface area contributed by atoms with Crippen LogP contribution in [0.1, 0.15) is 65.2 Å². The van der Waals surface area contributed by atoms with E-state index in [4.69, 9.17) is 0 Å². The fourth-order valence-corrected chi connectivity index (χ4v) is 6.61. The van der Waals surface area contributed by atoms with E-state index >= 15 is 0 Å². The normalized spacial score (nSPS) is 56.2. The van der Waals surface area contributed by atoms with Gasteiger partial charge < -0.3 is 10.2 Å². The van der Waals surface area contributed by atoms with Crippen molar-refractivity contribution in [2.45, 2.75) is 77.4 Å². The predicted molar refractivity (Wildman–Crippen MR) is 83.7 cm³/mol. The first kappa shape index (κ1) is 14.3. The third-order valence-electron chi connectivity index (χ3n) is 8.03. The highest BCUT2D eigenvalue weighted by molar-refractivity contribution is 5.25. The van der Waals surface area contributed by atoms with E-state index in [0.717, 1.165) is 37.5 Å². The molecule has 4 unspecified atom stereocenters. The number of aliphatic hydroxyl groups is 2. The van der Waals surface area contributed by atoms with Crippen molar-refractivity contribution in [2.24, 2.45) is 28.6 Å². The summed E-state index contributed by atoms with van der Waals surface area (Å²) in [6, 6.07) is 0. The summed E-state index contributed by atoms with van der Waals surface area (Å²) in [4.78, 5) is 0. The molecule has 2 heteroatoms. The lowest BCUT2D eigenvalue weighted by molar-refractivity contribution is -0.0711. The second-order valence-electron chi connectivity index (χ2n) is 8.79. The molecule has 3 saturated carbocycles. The van der Waals surface area contributed by atoms with Crippen molar-refractivity contribution >= 4 is 0 Å². The zero-order valence-corrected chi connectivity index (χ0v) is 13.5. The van der Waals surface area contributed by atoms with Gasteiger partial charge in [0.2, 0.25) is 0 Å². The molecule has 0 spiro atoms. The van der Waals surface area contributed by atoms with Crippen molar-refractivity contribution in [1.29, 1.82) is 0 Å². The molecule has 0 radical (unpaired) electrons. The van der Waals surface area contributed by atoms with Crippen LogP contribution in [0.3, 0.4) is 0 Å². The van der Waals surface area contributed by atoms with Crippen LogP contribution in [0, 0.1) is 28.6 Å². The molecule has 2 N–H and O–H groups in total. The summed E-state index contributed by atoms with van der Waals surface area (Å²) >= 11 is 0. The highest BCUT2D eigenvalue weighted by Gasteiger charge is 2.58. The van der Waals surface area contributed by atoms with E-state index in [-0.39, 0.29) is 17.6 Å². The Labute approximate surface area is 128 Å². The molecule has 0 saturated heterocycles. The third kappa shape index (κ3) is 1.84. The Morgan fingerprint density at radius 2 is 1.81 bits per heavy atom. The second-order valence-corrected chi connectivity index (χ2v) is 8.79. The van der Waals surface area contributed by atoms with Crippen LogP contribution >= 0.6 is 0 Å². The molecule has 0 heterocycles. The van der Waals surface area contributed by atoms with Crippen LogP contribution in [0.15, 0.2) is 11.6 Å². The lowest BCUT2D eigenvalue weighted by Crippen LogP contribution is -2.51. The van der Waals surface area contributed by atoms with Crippen molar-refractivity contribution in [2.75, 3.05) is 0 Å². The van der Waals surface area contributed by atoms with Gasteiger partial charge in [0.1, 0.15) is 0 Å². The summed E-state index contributed by atoms with van der Waals surface area (Å²) in [6.07, 6.45) is 11.2. The molecule has 4 aliphatic carbocycles. The van der Waals surface area contributed by atoms with E-state index in [1.807, 2.05) is 0 Å². The van der Waals surface area contributed by atoms with Crippen LogP contribution in [0.25, 0.3) is 0 Å². The van der Waals surface area contributed by atoms with Gasteiger partial charge >= 0.3 is 0 Å². The molecule has 0 aliphatic heterocycles. The number of fused-ring (bicyclic) bond motifs is 5. The van der Waals surface area contributed by atoms with Gasteiger partial charge in [-0.25, -0.2) is 0 Å². The first-order valence-corrected chi connectivity index (χ1v) is 9.01. The number of aliphatic hydroxyl groups excluding tert-OH is 2. The van der Waals surface area contributed by atoms with E-state index in [1.54, 1.807) is 5.57 Å². The Kier molecular flexibility index (Phi) is 3.11. The first-order chi connectivity index (χ1) is 9.95. The summed E-state index contributed by atoms with van der Waals surface area (Å²) < 4.78 is 0. The van der Waals surface area contributed by atoms with Crippen molar-refractivity contribution < 1.29 is 10.2 Å². The molecule has 0 aromatic rings. The van der Waals surface area contributed by atoms with Gasteiger partial charge in [-0.15, -0.1) is 0 Å². The standard InChI is InChI=1S/C19H30O2/c1-18-9-7-13(20)11-12(18)3-4-14-15-5-6-17(21)19(15,2)10-8-16(14)18/h3,13-17,20-21H,4-11H2,1-2H3/t13?,14?,15?,16?,17-,18-,19-/m0/s1. The van der Waals surface area contributed by atoms with Gasteiger partial charge in [-0.05, 0) is 80.0 Å². The second kappa shape index (κ2) is 4.58. The number of allylic oxidation sites excluding steroid dienone is 1. The van der Waals surface area contributed by atoms with E-state index < -0.39 is 0 Å². The zero-order chi connectivity index (χ0) is 14.8. The maximum atomic E-state index is 10.5. The van der Waals surface area contributed by atoms with Crippen molar-refractivity contribution in [3.8, 4) is 0 Å². The predicted octanol–water partition coefficient (Wildman–Crippen LogP) is 3.67. The summed E-state index contributed by atoms with van der Waals surface area (Å²) in [5, 5.41) is 20.5. The van der Waals surface area contributed by atoms with Gasteiger partial charge in [0.15, 0.2) is 0 Å². The van der Waals surface area contributed by atoms with E-state index in [9.17, 15) is 10.2 Å². The van der Waals surface area contributed by atoms with Crippen LogP contribution in [0.5, 0.6) is 0 Å². The van der Waals surface area contributed by atoms with Crippen LogP contribution in [0.2, 0.25) is 0 Å². The largest absolute Gasteiger partial charge is 0.393 e. The van der Waals surface area contributed by atoms with E-state index in [0.29, 0.717) is 11.3 Å². The van der Waals surface area contributed by atoms with Gasteiger partial charge in [-0.3, -0.25) is 0 Å². The van der Waals surface area contributed by atoms with Crippen molar-refractivity contribution in [1.82, 2.24) is 0 Å². The van der Waals surface area contributed by atoms with Gasteiger partial charge in [0, 0.05) is 0 Å². The molecule has 0 bridgehead atoms. The molecule has 4 rings (SSSR count). The Hall–Kier alpha value is -0.340. The highest BCUT2D eigenvalue weighted by Crippen LogP contribution is 2.64. The van der Waals surface area contributed by atoms with E-state index in [1.165, 1.54) is 25.7 Å². The minimum Gasteiger partial charge on any atom is -0.393 e. The lowest BCUT2D eigenvalue weighted by atomic mass is 9.48. The monoisotopic (exact) mass is 290 g/mol. The highest BCUT2D eigenvalue weighted by atomic mass is 16.3. The minimum atomic E-state index is -0.108. The first-order valence-electron chi connectivity index (χ1n) is 9.01. The lowest BCUT2D eigenvalue weighted by Gasteiger charge is -2.57. The topological polar surface area (TPSA) is 40.5 Å². The molecule has 3 fully saturated rings. The van der Waals surface area contributed by atoms with Gasteiger partial charge in [-0.1, -0.05) is 25.5 Å². The SMILES string of the molecule is C[C@]12CCC(O)CC1=CCC1C2CC[C@@]2(C)C1CC[C@@H]2O. The molecule has 21 heavy (non-hydrogen) atoms. The quantitative estimate of drug-likeness (QED) is 0.668. The molecule has 0 aromatic carbocycles. The van der Waals surface area contributed by atoms with Crippen LogP contribution in [0.4, 0.5) is 0 Å². The fourth-order valence-electron chi connectivity index (χ4n) is 6.61. The fraction of sp³-hybridized carbons (Fsp3) is 0.895. The maximum Gasteiger partial charge on any atom is 0.0596 e. The zero-order valence-electron chi connectivity index (χ0n) is 13.5. The third-order valence-corrected chi connectivity index (χ3v) is 8.03. The smallest absolute Gasteiger partial charge is 0.0596 e. The molecule has 0 aromatic heterocycles. The molecular formula is C19H30O2. The molecule has 0 amide bonds. The average Bonchev–Trinajstić information content (AvgIpc) is 2.76. The number of rotatable bonds is 0. The Balaban J connectivity index is 1.68. The Morgan fingerprint density at radius 1 is 1.00 bits per heavy atom. The van der Waals surface area contributed by atoms with Gasteiger partial charge in [0.25, 0.3) is 0 Å². The van der Waals surface area contributed by atoms with Crippen LogP contribution < -0.4 is 0 Å².